The average Bonchev–Trinajstić information content (AvgIpc) is 3.14. The topological polar surface area (TPSA) is 69.0 Å². The molecule has 2 atom stereocenters. The molecule has 1 aliphatic carbocycles. The number of carbonyl (C=O) groups is 1. The van der Waals surface area contributed by atoms with Crippen LogP contribution in [-0.4, -0.2) is 32.5 Å². The Hall–Kier alpha value is -2.02. The van der Waals surface area contributed by atoms with Crippen molar-refractivity contribution in [3.05, 3.63) is 35.7 Å². The Balaban J connectivity index is 1.52. The first kappa shape index (κ1) is 22.7. The number of amides is 1. The molecule has 0 radical (unpaired) electrons. The highest BCUT2D eigenvalue weighted by Gasteiger charge is 2.23. The summed E-state index contributed by atoms with van der Waals surface area (Å²) in [6.07, 6.45) is 4.76. The van der Waals surface area contributed by atoms with Crippen LogP contribution in [-0.2, 0) is 17.9 Å². The number of hydrogen-bond acceptors (Lipinski definition) is 5. The molecule has 6 nitrogen and oxygen atoms in total. The van der Waals surface area contributed by atoms with Gasteiger partial charge in [-0.2, -0.15) is 0 Å². The second-order valence-corrected chi connectivity index (χ2v) is 9.32. The molecule has 2 aromatic rings. The van der Waals surface area contributed by atoms with E-state index in [4.69, 9.17) is 4.74 Å². The molecule has 1 aromatic carbocycles. The molecule has 1 fully saturated rings. The van der Waals surface area contributed by atoms with Crippen LogP contribution in [0.15, 0.2) is 29.4 Å². The Morgan fingerprint density at radius 1 is 1.23 bits per heavy atom. The lowest BCUT2D eigenvalue weighted by atomic mass is 9.86. The molecule has 1 aromatic heterocycles. The first-order valence-corrected chi connectivity index (χ1v) is 12.0. The molecule has 30 heavy (non-hydrogen) atoms. The van der Waals surface area contributed by atoms with Crippen LogP contribution in [0, 0.1) is 5.92 Å². The molecule has 1 amide bonds. The van der Waals surface area contributed by atoms with Gasteiger partial charge in [-0.05, 0) is 49.3 Å². The minimum absolute atomic E-state index is 0.0763. The van der Waals surface area contributed by atoms with Gasteiger partial charge in [0.1, 0.15) is 12.4 Å². The van der Waals surface area contributed by atoms with E-state index in [9.17, 15) is 4.79 Å². The fourth-order valence-electron chi connectivity index (χ4n) is 3.86. The van der Waals surface area contributed by atoms with Crippen LogP contribution in [0.4, 0.5) is 0 Å². The highest BCUT2D eigenvalue weighted by Crippen LogP contribution is 2.24. The minimum Gasteiger partial charge on any atom is -0.486 e. The Kier molecular flexibility index (Phi) is 8.19. The van der Waals surface area contributed by atoms with E-state index in [1.807, 2.05) is 16.7 Å². The highest BCUT2D eigenvalue weighted by atomic mass is 32.2. The highest BCUT2D eigenvalue weighted by molar-refractivity contribution is 7.99. The largest absolute Gasteiger partial charge is 0.486 e. The van der Waals surface area contributed by atoms with Crippen molar-refractivity contribution in [2.24, 2.45) is 5.92 Å². The predicted octanol–water partition coefficient (Wildman–Crippen LogP) is 4.79. The standard InChI is InChI=1S/C23H34N4O2S/c1-5-27-21(14-29-19-12-10-18(11-13-19)16(2)3)25-26-23(27)30-15-22(28)24-20-9-7-6-8-17(20)4/h10-13,16-17,20H,5-9,14-15H2,1-4H3,(H,24,28)/t17-,20-/m0/s1. The molecular formula is C23H34N4O2S. The van der Waals surface area contributed by atoms with E-state index in [0.29, 0.717) is 30.2 Å². The maximum Gasteiger partial charge on any atom is 0.230 e. The summed E-state index contributed by atoms with van der Waals surface area (Å²) >= 11 is 1.44. The van der Waals surface area contributed by atoms with E-state index in [-0.39, 0.29) is 5.91 Å². The van der Waals surface area contributed by atoms with E-state index in [1.165, 1.54) is 36.6 Å². The first-order chi connectivity index (χ1) is 14.5. The average molecular weight is 431 g/mol. The van der Waals surface area contributed by atoms with Crippen molar-refractivity contribution in [1.82, 2.24) is 20.1 Å². The van der Waals surface area contributed by atoms with Crippen LogP contribution in [0.5, 0.6) is 5.75 Å². The van der Waals surface area contributed by atoms with Crippen LogP contribution in [0.1, 0.15) is 70.7 Å². The number of ether oxygens (including phenoxy) is 1. The number of thioether (sulfide) groups is 1. The maximum absolute atomic E-state index is 12.4. The molecule has 0 unspecified atom stereocenters. The van der Waals surface area contributed by atoms with Gasteiger partial charge in [-0.1, -0.05) is 57.5 Å². The molecule has 1 saturated carbocycles. The third-order valence-corrected chi connectivity index (χ3v) is 6.78. The summed E-state index contributed by atoms with van der Waals surface area (Å²) in [6, 6.07) is 8.49. The molecule has 1 heterocycles. The van der Waals surface area contributed by atoms with Gasteiger partial charge in [-0.15, -0.1) is 10.2 Å². The lowest BCUT2D eigenvalue weighted by molar-refractivity contribution is -0.119. The van der Waals surface area contributed by atoms with E-state index < -0.39 is 0 Å². The van der Waals surface area contributed by atoms with E-state index in [0.717, 1.165) is 29.7 Å². The van der Waals surface area contributed by atoms with Crippen molar-refractivity contribution < 1.29 is 9.53 Å². The molecule has 0 spiro atoms. The van der Waals surface area contributed by atoms with Crippen LogP contribution in [0.2, 0.25) is 0 Å². The SMILES string of the molecule is CCn1c(COc2ccc(C(C)C)cc2)nnc1SCC(=O)N[C@H]1CCCC[C@@H]1C. The monoisotopic (exact) mass is 430 g/mol. The zero-order valence-electron chi connectivity index (χ0n) is 18.6. The van der Waals surface area contributed by atoms with E-state index >= 15 is 0 Å². The van der Waals surface area contributed by atoms with Crippen LogP contribution >= 0.6 is 11.8 Å². The number of aromatic nitrogens is 3. The van der Waals surface area contributed by atoms with Gasteiger partial charge in [-0.3, -0.25) is 4.79 Å². The van der Waals surface area contributed by atoms with E-state index in [2.05, 4.69) is 55.3 Å². The first-order valence-electron chi connectivity index (χ1n) is 11.0. The molecule has 7 heteroatoms. The summed E-state index contributed by atoms with van der Waals surface area (Å²) < 4.78 is 7.93. The fourth-order valence-corrected chi connectivity index (χ4v) is 4.69. The summed E-state index contributed by atoms with van der Waals surface area (Å²) in [5, 5.41) is 12.5. The molecule has 0 aliphatic heterocycles. The summed E-state index contributed by atoms with van der Waals surface area (Å²) in [6.45, 7) is 9.73. The van der Waals surface area contributed by atoms with Gasteiger partial charge in [0.05, 0.1) is 5.75 Å². The van der Waals surface area contributed by atoms with Crippen LogP contribution < -0.4 is 10.1 Å². The lowest BCUT2D eigenvalue weighted by Crippen LogP contribution is -2.41. The van der Waals surface area contributed by atoms with Crippen molar-refractivity contribution >= 4 is 17.7 Å². The Labute approximate surface area is 184 Å². The Morgan fingerprint density at radius 2 is 1.97 bits per heavy atom. The molecule has 164 valence electrons. The van der Waals surface area contributed by atoms with Crippen molar-refractivity contribution in [2.45, 2.75) is 83.6 Å². The number of nitrogens with zero attached hydrogens (tertiary/aromatic N) is 3. The number of rotatable bonds is 9. The van der Waals surface area contributed by atoms with Crippen molar-refractivity contribution in [3.63, 3.8) is 0 Å². The third kappa shape index (κ3) is 6.00. The van der Waals surface area contributed by atoms with Gasteiger partial charge in [-0.25, -0.2) is 0 Å². The van der Waals surface area contributed by atoms with Crippen molar-refractivity contribution in [3.8, 4) is 5.75 Å². The summed E-state index contributed by atoms with van der Waals surface area (Å²) in [5.74, 6) is 3.09. The van der Waals surface area contributed by atoms with Crippen molar-refractivity contribution in [2.75, 3.05) is 5.75 Å². The number of carbonyl (C=O) groups excluding carboxylic acids is 1. The minimum atomic E-state index is 0.0763. The predicted molar refractivity (Wildman–Crippen MR) is 121 cm³/mol. The van der Waals surface area contributed by atoms with Gasteiger partial charge >= 0.3 is 0 Å². The summed E-state index contributed by atoms with van der Waals surface area (Å²) in [5.41, 5.74) is 1.29. The molecular weight excluding hydrogens is 396 g/mol. The van der Waals surface area contributed by atoms with Crippen LogP contribution in [0.3, 0.4) is 0 Å². The Bertz CT molecular complexity index is 819. The Morgan fingerprint density at radius 3 is 2.63 bits per heavy atom. The van der Waals surface area contributed by atoms with Gasteiger partial charge in [0.25, 0.3) is 0 Å². The molecule has 1 N–H and O–H groups in total. The maximum atomic E-state index is 12.4. The second-order valence-electron chi connectivity index (χ2n) is 8.38. The molecule has 3 rings (SSSR count). The zero-order chi connectivity index (χ0) is 21.5. The fraction of sp³-hybridized carbons (Fsp3) is 0.609. The third-order valence-electron chi connectivity index (χ3n) is 5.81. The number of nitrogens with one attached hydrogen (secondary N) is 1. The van der Waals surface area contributed by atoms with Crippen molar-refractivity contribution in [1.29, 1.82) is 0 Å². The summed E-state index contributed by atoms with van der Waals surface area (Å²) in [7, 11) is 0. The number of benzene rings is 1. The normalized spacial score (nSPS) is 19.1. The van der Waals surface area contributed by atoms with Gasteiger partial charge in [0.2, 0.25) is 5.91 Å². The van der Waals surface area contributed by atoms with Gasteiger partial charge in [0, 0.05) is 12.6 Å². The van der Waals surface area contributed by atoms with Gasteiger partial charge in [0.15, 0.2) is 11.0 Å². The van der Waals surface area contributed by atoms with Gasteiger partial charge < -0.3 is 14.6 Å². The lowest BCUT2D eigenvalue weighted by Gasteiger charge is -2.29. The molecule has 0 bridgehead atoms. The summed E-state index contributed by atoms with van der Waals surface area (Å²) in [4.78, 5) is 12.4. The smallest absolute Gasteiger partial charge is 0.230 e. The van der Waals surface area contributed by atoms with E-state index in [1.54, 1.807) is 0 Å². The second kappa shape index (κ2) is 10.8. The van der Waals surface area contributed by atoms with Crippen LogP contribution in [0.25, 0.3) is 0 Å². The number of hydrogen-bond donors (Lipinski definition) is 1. The molecule has 1 aliphatic rings. The quantitative estimate of drug-likeness (QED) is 0.580. The zero-order valence-corrected chi connectivity index (χ0v) is 19.4. The molecule has 0 saturated heterocycles.